The lowest BCUT2D eigenvalue weighted by atomic mass is 9.83. The molecule has 2 aromatic carbocycles. The van der Waals surface area contributed by atoms with Crippen LogP contribution in [0.4, 0.5) is 0 Å². The number of fused-ring (bicyclic) bond motifs is 4. The van der Waals surface area contributed by atoms with Gasteiger partial charge in [-0.05, 0) is 49.2 Å². The molecule has 0 aliphatic carbocycles. The first-order valence-electron chi connectivity index (χ1n) is 9.16. The zero-order chi connectivity index (χ0) is 19.4. The van der Waals surface area contributed by atoms with Gasteiger partial charge in [-0.2, -0.15) is 0 Å². The van der Waals surface area contributed by atoms with Crippen LogP contribution in [0, 0.1) is 0 Å². The molecular formula is C23H17NO4. The maximum absolute atomic E-state index is 12.7. The largest absolute Gasteiger partial charge is 0.452 e. The van der Waals surface area contributed by atoms with Crippen LogP contribution in [-0.2, 0) is 4.79 Å². The molecule has 3 aromatic rings. The molecule has 0 saturated carbocycles. The van der Waals surface area contributed by atoms with Gasteiger partial charge in [0.05, 0.1) is 17.5 Å². The number of carbonyl (C=O) groups is 2. The summed E-state index contributed by atoms with van der Waals surface area (Å²) in [6, 6.07) is 13.1. The van der Waals surface area contributed by atoms with E-state index in [2.05, 4.69) is 4.98 Å². The summed E-state index contributed by atoms with van der Waals surface area (Å²) in [5, 5.41) is 0.972. The van der Waals surface area contributed by atoms with Crippen LogP contribution in [0.2, 0.25) is 0 Å². The van der Waals surface area contributed by atoms with E-state index < -0.39 is 0 Å². The van der Waals surface area contributed by atoms with E-state index in [0.717, 1.165) is 27.6 Å². The van der Waals surface area contributed by atoms with Crippen molar-refractivity contribution in [2.45, 2.75) is 26.2 Å². The average Bonchev–Trinajstić information content (AvgIpc) is 3.03. The predicted molar refractivity (Wildman–Crippen MR) is 104 cm³/mol. The van der Waals surface area contributed by atoms with Crippen molar-refractivity contribution in [3.63, 3.8) is 0 Å². The molecule has 5 nitrogen and oxygen atoms in total. The monoisotopic (exact) mass is 371 g/mol. The fourth-order valence-electron chi connectivity index (χ4n) is 4.01. The first kappa shape index (κ1) is 16.7. The molecule has 0 unspecified atom stereocenters. The van der Waals surface area contributed by atoms with Crippen molar-refractivity contribution in [1.29, 1.82) is 0 Å². The second kappa shape index (κ2) is 6.02. The molecule has 0 spiro atoms. The number of para-hydroxylation sites is 1. The fraction of sp³-hybridized carbons (Fsp3) is 0.174. The highest BCUT2D eigenvalue weighted by Crippen LogP contribution is 2.49. The Balaban J connectivity index is 1.77. The molecule has 5 rings (SSSR count). The summed E-state index contributed by atoms with van der Waals surface area (Å²) >= 11 is 0. The Hall–Kier alpha value is -3.47. The quantitative estimate of drug-likeness (QED) is 0.357. The lowest BCUT2D eigenvalue weighted by molar-refractivity contribution is -0.135. The topological polar surface area (TPSA) is 65.5 Å². The molecule has 0 fully saturated rings. The number of ether oxygens (including phenoxy) is 2. The maximum atomic E-state index is 12.7. The summed E-state index contributed by atoms with van der Waals surface area (Å²) < 4.78 is 11.5. The number of hydrogen-bond acceptors (Lipinski definition) is 5. The van der Waals surface area contributed by atoms with Gasteiger partial charge in [0, 0.05) is 23.1 Å². The van der Waals surface area contributed by atoms with Crippen molar-refractivity contribution in [2.75, 3.05) is 0 Å². The van der Waals surface area contributed by atoms with Crippen LogP contribution in [0.25, 0.3) is 10.9 Å². The molecule has 138 valence electrons. The average molecular weight is 371 g/mol. The van der Waals surface area contributed by atoms with Crippen molar-refractivity contribution in [1.82, 2.24) is 4.98 Å². The molecule has 0 amide bonds. The molecule has 1 atom stereocenters. The third-order valence-corrected chi connectivity index (χ3v) is 5.27. The van der Waals surface area contributed by atoms with Crippen LogP contribution in [-0.4, -0.2) is 16.7 Å². The molecule has 5 heteroatoms. The van der Waals surface area contributed by atoms with Gasteiger partial charge < -0.3 is 9.47 Å². The zero-order valence-corrected chi connectivity index (χ0v) is 15.5. The minimum Gasteiger partial charge on any atom is -0.452 e. The third kappa shape index (κ3) is 2.36. The van der Waals surface area contributed by atoms with Crippen LogP contribution in [0.1, 0.15) is 47.7 Å². The van der Waals surface area contributed by atoms with Gasteiger partial charge in [-0.25, -0.2) is 0 Å². The van der Waals surface area contributed by atoms with Crippen molar-refractivity contribution in [3.8, 4) is 11.5 Å². The number of benzene rings is 2. The van der Waals surface area contributed by atoms with Gasteiger partial charge in [0.2, 0.25) is 5.78 Å². The van der Waals surface area contributed by atoms with Gasteiger partial charge in [-0.3, -0.25) is 14.6 Å². The predicted octanol–water partition coefficient (Wildman–Crippen LogP) is 4.54. The summed E-state index contributed by atoms with van der Waals surface area (Å²) in [4.78, 5) is 29.5. The number of hydrogen-bond donors (Lipinski definition) is 0. The first-order chi connectivity index (χ1) is 13.5. The van der Waals surface area contributed by atoms with Gasteiger partial charge in [-0.15, -0.1) is 0 Å². The minimum absolute atomic E-state index is 0.131. The second-order valence-electron chi connectivity index (χ2n) is 7.26. The van der Waals surface area contributed by atoms with Crippen molar-refractivity contribution >= 4 is 22.7 Å². The molecule has 1 aromatic heterocycles. The SMILES string of the molecule is CC(C)=C1Oc2c(ccc3c2[C@H](c2ccnc4ccccc24)CC(=O)O3)C1=O. The van der Waals surface area contributed by atoms with E-state index in [0.29, 0.717) is 22.8 Å². The van der Waals surface area contributed by atoms with Crippen LogP contribution >= 0.6 is 0 Å². The van der Waals surface area contributed by atoms with Gasteiger partial charge in [0.25, 0.3) is 0 Å². The highest BCUT2D eigenvalue weighted by atomic mass is 16.5. The van der Waals surface area contributed by atoms with E-state index in [4.69, 9.17) is 9.47 Å². The minimum atomic E-state index is -0.301. The van der Waals surface area contributed by atoms with E-state index in [1.807, 2.05) is 44.2 Å². The Bertz CT molecular complexity index is 1200. The molecule has 2 aliphatic rings. The Morgan fingerprint density at radius 2 is 1.86 bits per heavy atom. The number of rotatable bonds is 1. The van der Waals surface area contributed by atoms with Gasteiger partial charge in [-0.1, -0.05) is 18.2 Å². The van der Waals surface area contributed by atoms with Crippen molar-refractivity contribution < 1.29 is 19.1 Å². The lowest BCUT2D eigenvalue weighted by Gasteiger charge is -2.27. The number of nitrogens with zero attached hydrogens (tertiary/aromatic N) is 1. The van der Waals surface area contributed by atoms with E-state index in [1.54, 1.807) is 18.3 Å². The number of carbonyl (C=O) groups excluding carboxylic acids is 2. The smallest absolute Gasteiger partial charge is 0.312 e. The summed E-state index contributed by atoms with van der Waals surface area (Å²) in [7, 11) is 0. The van der Waals surface area contributed by atoms with Crippen molar-refractivity contribution in [2.24, 2.45) is 0 Å². The summed E-state index contributed by atoms with van der Waals surface area (Å²) in [5.74, 6) is 0.584. The Kier molecular flexibility index (Phi) is 3.59. The standard InChI is InChI=1S/C23H17NO4/c1-12(2)22-21(26)15-7-8-18-20(23(15)28-22)16(11-19(25)27-18)13-9-10-24-17-6-4-3-5-14(13)17/h3-10,16H,11H2,1-2H3/t16-/m0/s1. The van der Waals surface area contributed by atoms with E-state index in [9.17, 15) is 9.59 Å². The molecule has 0 N–H and O–H groups in total. The fourth-order valence-corrected chi connectivity index (χ4v) is 4.01. The van der Waals surface area contributed by atoms with E-state index in [-0.39, 0.29) is 24.1 Å². The Morgan fingerprint density at radius 1 is 1.04 bits per heavy atom. The third-order valence-electron chi connectivity index (χ3n) is 5.27. The molecular weight excluding hydrogens is 354 g/mol. The molecule has 2 aliphatic heterocycles. The van der Waals surface area contributed by atoms with Gasteiger partial charge in [0.1, 0.15) is 11.5 Å². The Morgan fingerprint density at radius 3 is 2.68 bits per heavy atom. The summed E-state index contributed by atoms with van der Waals surface area (Å²) in [6.45, 7) is 3.69. The number of ketones is 1. The second-order valence-corrected chi connectivity index (χ2v) is 7.26. The highest BCUT2D eigenvalue weighted by Gasteiger charge is 2.39. The molecule has 3 heterocycles. The van der Waals surface area contributed by atoms with Gasteiger partial charge >= 0.3 is 5.97 Å². The number of esters is 1. The maximum Gasteiger partial charge on any atom is 0.312 e. The number of aromatic nitrogens is 1. The molecule has 0 saturated heterocycles. The van der Waals surface area contributed by atoms with E-state index in [1.165, 1.54) is 0 Å². The molecule has 0 bridgehead atoms. The van der Waals surface area contributed by atoms with Crippen molar-refractivity contribution in [3.05, 3.63) is 76.7 Å². The summed E-state index contributed by atoms with van der Waals surface area (Å²) in [6.07, 6.45) is 1.92. The van der Waals surface area contributed by atoms with Crippen LogP contribution in [0.15, 0.2) is 60.0 Å². The van der Waals surface area contributed by atoms with Crippen LogP contribution in [0.3, 0.4) is 0 Å². The first-order valence-corrected chi connectivity index (χ1v) is 9.16. The highest BCUT2D eigenvalue weighted by molar-refractivity contribution is 6.13. The normalized spacial score (nSPS) is 17.8. The number of allylic oxidation sites excluding steroid dienone is 2. The molecule has 0 radical (unpaired) electrons. The Labute approximate surface area is 161 Å². The number of Topliss-reactive ketones (excluding diaryl/α,β-unsaturated/α-hetero) is 1. The van der Waals surface area contributed by atoms with E-state index >= 15 is 0 Å². The van der Waals surface area contributed by atoms with Crippen LogP contribution < -0.4 is 9.47 Å². The summed E-state index contributed by atoms with van der Waals surface area (Å²) in [5.41, 5.74) is 3.90. The zero-order valence-electron chi connectivity index (χ0n) is 15.5. The van der Waals surface area contributed by atoms with Crippen LogP contribution in [0.5, 0.6) is 11.5 Å². The molecule has 28 heavy (non-hydrogen) atoms. The number of pyridine rings is 1. The lowest BCUT2D eigenvalue weighted by Crippen LogP contribution is -2.21. The van der Waals surface area contributed by atoms with Gasteiger partial charge in [0.15, 0.2) is 5.76 Å².